The second kappa shape index (κ2) is 3.76. The Morgan fingerprint density at radius 1 is 1.44 bits per heavy atom. The van der Waals surface area contributed by atoms with Crippen molar-refractivity contribution in [2.75, 3.05) is 5.73 Å². The number of anilines is 1. The fourth-order valence-electron chi connectivity index (χ4n) is 1.79. The van der Waals surface area contributed by atoms with Crippen LogP contribution in [0.25, 0.3) is 22.4 Å². The molecule has 3 rings (SSSR count). The third kappa shape index (κ3) is 1.42. The normalized spacial score (nSPS) is 11.2. The van der Waals surface area contributed by atoms with Gasteiger partial charge in [-0.15, -0.1) is 0 Å². The van der Waals surface area contributed by atoms with Crippen molar-refractivity contribution in [2.24, 2.45) is 0 Å². The number of imidazole rings is 1. The predicted molar refractivity (Wildman–Crippen MR) is 62.9 cm³/mol. The number of halogens is 1. The smallest absolute Gasteiger partial charge is 0.222 e. The number of hydrogen-bond acceptors (Lipinski definition) is 5. The van der Waals surface area contributed by atoms with E-state index in [1.165, 1.54) is 17.2 Å². The van der Waals surface area contributed by atoms with Gasteiger partial charge in [0.2, 0.25) is 11.9 Å². The van der Waals surface area contributed by atoms with Crippen LogP contribution in [0.4, 0.5) is 10.3 Å². The highest BCUT2D eigenvalue weighted by atomic mass is 19.1. The highest BCUT2D eigenvalue weighted by Crippen LogP contribution is 2.26. The predicted octanol–water partition coefficient (Wildman–Crippen LogP) is 0.958. The van der Waals surface area contributed by atoms with Crippen LogP contribution in [0.5, 0.6) is 0 Å². The molecule has 0 radical (unpaired) electrons. The maximum Gasteiger partial charge on any atom is 0.222 e. The van der Waals surface area contributed by atoms with Crippen LogP contribution in [0.3, 0.4) is 0 Å². The zero-order valence-electron chi connectivity index (χ0n) is 9.55. The van der Waals surface area contributed by atoms with Crippen LogP contribution >= 0.6 is 0 Å². The summed E-state index contributed by atoms with van der Waals surface area (Å²) in [5.41, 5.74) is 7.17. The van der Waals surface area contributed by atoms with E-state index in [-0.39, 0.29) is 11.5 Å². The molecule has 0 aliphatic carbocycles. The molecule has 0 amide bonds. The number of fused-ring (bicyclic) bond motifs is 1. The van der Waals surface area contributed by atoms with Crippen molar-refractivity contribution in [1.29, 1.82) is 0 Å². The van der Waals surface area contributed by atoms with Crippen LogP contribution in [-0.2, 0) is 6.54 Å². The van der Waals surface area contributed by atoms with Gasteiger partial charge >= 0.3 is 0 Å². The quantitative estimate of drug-likeness (QED) is 0.702. The van der Waals surface area contributed by atoms with Crippen molar-refractivity contribution >= 4 is 17.1 Å². The molecule has 0 fully saturated rings. The van der Waals surface area contributed by atoms with Gasteiger partial charge in [0.15, 0.2) is 5.65 Å². The Kier molecular flexibility index (Phi) is 2.22. The Balaban J connectivity index is 2.30. The van der Waals surface area contributed by atoms with Crippen molar-refractivity contribution in [3.05, 3.63) is 18.5 Å². The minimum atomic E-state index is -0.452. The van der Waals surface area contributed by atoms with Crippen molar-refractivity contribution < 1.29 is 4.39 Å². The van der Waals surface area contributed by atoms with Gasteiger partial charge in [0.1, 0.15) is 11.2 Å². The summed E-state index contributed by atoms with van der Waals surface area (Å²) in [4.78, 5) is 14.9. The second-order valence-corrected chi connectivity index (χ2v) is 3.70. The van der Waals surface area contributed by atoms with Crippen LogP contribution in [0.15, 0.2) is 12.5 Å². The van der Waals surface area contributed by atoms with E-state index in [0.717, 1.165) is 0 Å². The molecule has 3 aromatic heterocycles. The molecule has 0 atom stereocenters. The Hall–Kier alpha value is -2.51. The molecule has 0 spiro atoms. The van der Waals surface area contributed by atoms with Gasteiger partial charge in [-0.1, -0.05) is 0 Å². The summed E-state index contributed by atoms with van der Waals surface area (Å²) in [6.45, 7) is 2.25. The zero-order chi connectivity index (χ0) is 12.7. The first-order valence-electron chi connectivity index (χ1n) is 5.39. The van der Waals surface area contributed by atoms with E-state index in [4.69, 9.17) is 5.73 Å². The summed E-state index contributed by atoms with van der Waals surface area (Å²) >= 11 is 0. The van der Waals surface area contributed by atoms with Crippen molar-refractivity contribution in [2.45, 2.75) is 13.5 Å². The van der Waals surface area contributed by atoms with E-state index in [0.29, 0.717) is 23.4 Å². The molecule has 0 saturated heterocycles. The highest BCUT2D eigenvalue weighted by molar-refractivity contribution is 5.87. The third-order valence-electron chi connectivity index (χ3n) is 2.63. The van der Waals surface area contributed by atoms with E-state index >= 15 is 0 Å². The van der Waals surface area contributed by atoms with Gasteiger partial charge in [0.25, 0.3) is 0 Å². The van der Waals surface area contributed by atoms with Gasteiger partial charge in [-0.3, -0.25) is 0 Å². The minimum Gasteiger partial charge on any atom is -0.368 e. The van der Waals surface area contributed by atoms with Gasteiger partial charge in [-0.25, -0.2) is 14.6 Å². The molecule has 8 heteroatoms. The first kappa shape index (κ1) is 10.6. The molecular formula is C10H10FN7. The molecule has 0 unspecified atom stereocenters. The molecule has 3 N–H and O–H groups in total. The number of aromatic amines is 1. The summed E-state index contributed by atoms with van der Waals surface area (Å²) < 4.78 is 15.3. The Morgan fingerprint density at radius 3 is 3.00 bits per heavy atom. The average Bonchev–Trinajstić information content (AvgIpc) is 2.94. The zero-order valence-corrected chi connectivity index (χ0v) is 9.55. The molecule has 0 aliphatic rings. The van der Waals surface area contributed by atoms with Gasteiger partial charge in [0.05, 0.1) is 18.1 Å². The number of aromatic nitrogens is 6. The van der Waals surface area contributed by atoms with E-state index in [1.54, 1.807) is 6.92 Å². The Bertz CT molecular complexity index is 714. The SMILES string of the molecule is CCn1ncc(-c2nc(N)nc3nc[nH]c23)c1F. The average molecular weight is 247 g/mol. The van der Waals surface area contributed by atoms with Crippen molar-refractivity contribution in [1.82, 2.24) is 29.7 Å². The summed E-state index contributed by atoms with van der Waals surface area (Å²) in [6.07, 6.45) is 2.88. The molecule has 18 heavy (non-hydrogen) atoms. The molecule has 0 aromatic carbocycles. The Labute approximate surface area is 101 Å². The van der Waals surface area contributed by atoms with E-state index in [2.05, 4.69) is 25.0 Å². The minimum absolute atomic E-state index is 0.0493. The van der Waals surface area contributed by atoms with Crippen LogP contribution < -0.4 is 5.73 Å². The van der Waals surface area contributed by atoms with Crippen LogP contribution in [-0.4, -0.2) is 29.7 Å². The van der Waals surface area contributed by atoms with Gasteiger partial charge < -0.3 is 10.7 Å². The molecule has 0 bridgehead atoms. The number of nitrogens with two attached hydrogens (primary N) is 1. The lowest BCUT2D eigenvalue weighted by Crippen LogP contribution is -2.01. The number of rotatable bonds is 2. The second-order valence-electron chi connectivity index (χ2n) is 3.70. The topological polar surface area (TPSA) is 98.3 Å². The Morgan fingerprint density at radius 2 is 2.28 bits per heavy atom. The van der Waals surface area contributed by atoms with E-state index in [9.17, 15) is 4.39 Å². The van der Waals surface area contributed by atoms with Crippen LogP contribution in [0.2, 0.25) is 0 Å². The number of nitrogen functional groups attached to an aromatic ring is 1. The molecule has 7 nitrogen and oxygen atoms in total. The maximum absolute atomic E-state index is 14.0. The van der Waals surface area contributed by atoms with Crippen LogP contribution in [0, 0.1) is 5.95 Å². The third-order valence-corrected chi connectivity index (χ3v) is 2.63. The monoisotopic (exact) mass is 247 g/mol. The summed E-state index contributed by atoms with van der Waals surface area (Å²) in [6, 6.07) is 0. The molecular weight excluding hydrogens is 237 g/mol. The molecule has 0 aliphatic heterocycles. The van der Waals surface area contributed by atoms with Gasteiger partial charge in [-0.2, -0.15) is 14.5 Å². The van der Waals surface area contributed by atoms with Crippen molar-refractivity contribution in [3.8, 4) is 11.3 Å². The lowest BCUT2D eigenvalue weighted by atomic mass is 10.2. The number of H-pyrrole nitrogens is 1. The van der Waals surface area contributed by atoms with E-state index < -0.39 is 5.95 Å². The highest BCUT2D eigenvalue weighted by Gasteiger charge is 2.17. The fraction of sp³-hybridized carbons (Fsp3) is 0.200. The standard InChI is InChI=1S/C10H10FN7/c1-2-18-8(11)5(3-15-18)6-7-9(14-4-13-7)17-10(12)16-6/h3-4H,2H2,1H3,(H3,12,13,14,16,17). The molecule has 3 aromatic rings. The summed E-state index contributed by atoms with van der Waals surface area (Å²) in [5, 5.41) is 3.94. The molecule has 92 valence electrons. The van der Waals surface area contributed by atoms with E-state index in [1.807, 2.05) is 0 Å². The largest absolute Gasteiger partial charge is 0.368 e. The molecule has 0 saturated carbocycles. The summed E-state index contributed by atoms with van der Waals surface area (Å²) in [7, 11) is 0. The first-order valence-corrected chi connectivity index (χ1v) is 5.39. The molecule has 3 heterocycles. The number of nitrogens with zero attached hydrogens (tertiary/aromatic N) is 5. The number of nitrogens with one attached hydrogen (secondary N) is 1. The lowest BCUT2D eigenvalue weighted by Gasteiger charge is -2.01. The fourth-order valence-corrected chi connectivity index (χ4v) is 1.79. The maximum atomic E-state index is 14.0. The lowest BCUT2D eigenvalue weighted by molar-refractivity contribution is 0.473. The van der Waals surface area contributed by atoms with Gasteiger partial charge in [0, 0.05) is 6.54 Å². The summed E-state index contributed by atoms with van der Waals surface area (Å²) in [5.74, 6) is -0.403. The first-order chi connectivity index (χ1) is 8.70. The number of hydrogen-bond donors (Lipinski definition) is 2. The van der Waals surface area contributed by atoms with Gasteiger partial charge in [-0.05, 0) is 6.92 Å². The van der Waals surface area contributed by atoms with Crippen molar-refractivity contribution in [3.63, 3.8) is 0 Å². The number of aryl methyl sites for hydroxylation is 1. The van der Waals surface area contributed by atoms with Crippen LogP contribution in [0.1, 0.15) is 6.92 Å².